The lowest BCUT2D eigenvalue weighted by atomic mass is 10.1. The Bertz CT molecular complexity index is 391. The number of amides is 3. The van der Waals surface area contributed by atoms with E-state index in [1.165, 1.54) is 11.9 Å². The number of hydrogen-bond donors (Lipinski definition) is 3. The van der Waals surface area contributed by atoms with Gasteiger partial charge in [0.15, 0.2) is 0 Å². The Morgan fingerprint density at radius 1 is 1.47 bits per heavy atom. The molecule has 106 valence electrons. The van der Waals surface area contributed by atoms with Crippen molar-refractivity contribution in [3.63, 3.8) is 0 Å². The molecule has 4 N–H and O–H groups in total. The standard InChI is InChI=1S/C11H18N4O4/c1-7(5-6-12)15(2)11(19)14-8(10(17)18)3-4-9(13)16/h7-8H,3-5H2,1-2H3,(H2,13,16)(H,14,19)(H,17,18). The molecule has 0 rings (SSSR count). The summed E-state index contributed by atoms with van der Waals surface area (Å²) >= 11 is 0. The molecular formula is C11H18N4O4. The first-order valence-electron chi connectivity index (χ1n) is 5.71. The van der Waals surface area contributed by atoms with E-state index in [9.17, 15) is 14.4 Å². The predicted molar refractivity (Wildman–Crippen MR) is 65.8 cm³/mol. The van der Waals surface area contributed by atoms with Crippen molar-refractivity contribution in [1.82, 2.24) is 10.2 Å². The summed E-state index contributed by atoms with van der Waals surface area (Å²) in [5.41, 5.74) is 4.93. The van der Waals surface area contributed by atoms with Crippen molar-refractivity contribution in [3.05, 3.63) is 0 Å². The van der Waals surface area contributed by atoms with Crippen LogP contribution in [0.2, 0.25) is 0 Å². The number of carbonyl (C=O) groups is 3. The fraction of sp³-hybridized carbons (Fsp3) is 0.636. The highest BCUT2D eigenvalue weighted by Gasteiger charge is 2.23. The highest BCUT2D eigenvalue weighted by atomic mass is 16.4. The minimum absolute atomic E-state index is 0.0725. The normalized spacial score (nSPS) is 12.9. The van der Waals surface area contributed by atoms with Crippen LogP contribution in [0.3, 0.4) is 0 Å². The van der Waals surface area contributed by atoms with Gasteiger partial charge < -0.3 is 21.1 Å². The maximum atomic E-state index is 11.7. The molecule has 0 aromatic carbocycles. The monoisotopic (exact) mass is 270 g/mol. The predicted octanol–water partition coefficient (Wildman–Crippen LogP) is -0.351. The fourth-order valence-electron chi connectivity index (χ4n) is 1.26. The molecule has 19 heavy (non-hydrogen) atoms. The lowest BCUT2D eigenvalue weighted by Gasteiger charge is -2.25. The second-order valence-corrected chi connectivity index (χ2v) is 4.17. The van der Waals surface area contributed by atoms with Crippen LogP contribution < -0.4 is 11.1 Å². The Labute approximate surface area is 111 Å². The van der Waals surface area contributed by atoms with Crippen LogP contribution >= 0.6 is 0 Å². The maximum Gasteiger partial charge on any atom is 0.326 e. The number of nitrogens with one attached hydrogen (secondary N) is 1. The molecule has 0 aromatic heterocycles. The highest BCUT2D eigenvalue weighted by molar-refractivity contribution is 5.83. The van der Waals surface area contributed by atoms with E-state index in [2.05, 4.69) is 5.32 Å². The molecule has 0 aliphatic heterocycles. The van der Waals surface area contributed by atoms with E-state index in [0.717, 1.165) is 0 Å². The number of hydrogen-bond acceptors (Lipinski definition) is 4. The third-order valence-electron chi connectivity index (χ3n) is 2.64. The average molecular weight is 270 g/mol. The topological polar surface area (TPSA) is 137 Å². The van der Waals surface area contributed by atoms with Crippen LogP contribution in [0.4, 0.5) is 4.79 Å². The maximum absolute atomic E-state index is 11.7. The van der Waals surface area contributed by atoms with Crippen LogP contribution in [-0.4, -0.2) is 47.0 Å². The minimum Gasteiger partial charge on any atom is -0.480 e. The van der Waals surface area contributed by atoms with Crippen LogP contribution in [0.5, 0.6) is 0 Å². The number of nitrogens with zero attached hydrogens (tertiary/aromatic N) is 2. The number of nitriles is 1. The van der Waals surface area contributed by atoms with E-state index >= 15 is 0 Å². The summed E-state index contributed by atoms with van der Waals surface area (Å²) in [7, 11) is 1.46. The molecule has 0 fully saturated rings. The SMILES string of the molecule is CC(CC#N)N(C)C(=O)NC(CCC(N)=O)C(=O)O. The van der Waals surface area contributed by atoms with E-state index in [4.69, 9.17) is 16.1 Å². The second-order valence-electron chi connectivity index (χ2n) is 4.17. The summed E-state index contributed by atoms with van der Waals surface area (Å²) in [4.78, 5) is 34.5. The zero-order chi connectivity index (χ0) is 15.0. The summed E-state index contributed by atoms with van der Waals surface area (Å²) in [5.74, 6) is -1.87. The van der Waals surface area contributed by atoms with Gasteiger partial charge in [0, 0.05) is 19.5 Å². The van der Waals surface area contributed by atoms with Gasteiger partial charge in [-0.05, 0) is 13.3 Å². The van der Waals surface area contributed by atoms with Crippen LogP contribution in [-0.2, 0) is 9.59 Å². The van der Waals surface area contributed by atoms with Gasteiger partial charge in [-0.3, -0.25) is 4.79 Å². The number of primary amides is 1. The summed E-state index contributed by atoms with van der Waals surface area (Å²) in [6, 6.07) is -0.212. The van der Waals surface area contributed by atoms with Crippen molar-refractivity contribution in [1.29, 1.82) is 5.26 Å². The van der Waals surface area contributed by atoms with Gasteiger partial charge in [-0.1, -0.05) is 0 Å². The molecular weight excluding hydrogens is 252 g/mol. The van der Waals surface area contributed by atoms with E-state index in [1.54, 1.807) is 6.92 Å². The van der Waals surface area contributed by atoms with Crippen molar-refractivity contribution in [2.24, 2.45) is 5.73 Å². The first-order valence-corrected chi connectivity index (χ1v) is 5.71. The number of carboxylic acid groups (broad SMARTS) is 1. The van der Waals surface area contributed by atoms with Crippen LogP contribution in [0.15, 0.2) is 0 Å². The highest BCUT2D eigenvalue weighted by Crippen LogP contribution is 2.03. The summed E-state index contributed by atoms with van der Waals surface area (Å²) < 4.78 is 0. The van der Waals surface area contributed by atoms with Crippen molar-refractivity contribution in [2.45, 2.75) is 38.3 Å². The molecule has 0 saturated carbocycles. The molecule has 8 nitrogen and oxygen atoms in total. The van der Waals surface area contributed by atoms with Crippen molar-refractivity contribution in [3.8, 4) is 6.07 Å². The Balaban J connectivity index is 4.50. The minimum atomic E-state index is -1.24. The molecule has 2 unspecified atom stereocenters. The van der Waals surface area contributed by atoms with Gasteiger partial charge in [0.05, 0.1) is 12.5 Å². The Morgan fingerprint density at radius 2 is 2.05 bits per heavy atom. The number of aliphatic carboxylic acids is 1. The zero-order valence-corrected chi connectivity index (χ0v) is 10.9. The quantitative estimate of drug-likeness (QED) is 0.580. The van der Waals surface area contributed by atoms with E-state index in [0.29, 0.717) is 0 Å². The molecule has 0 spiro atoms. The first-order chi connectivity index (χ1) is 8.79. The molecule has 0 radical (unpaired) electrons. The number of rotatable bonds is 7. The molecule has 0 aliphatic rings. The van der Waals surface area contributed by atoms with Crippen LogP contribution in [0.25, 0.3) is 0 Å². The zero-order valence-electron chi connectivity index (χ0n) is 10.9. The van der Waals surface area contributed by atoms with Crippen molar-refractivity contribution in [2.75, 3.05) is 7.05 Å². The molecule has 0 bridgehead atoms. The van der Waals surface area contributed by atoms with Crippen LogP contribution in [0.1, 0.15) is 26.2 Å². The van der Waals surface area contributed by atoms with Gasteiger partial charge >= 0.3 is 12.0 Å². The Hall–Kier alpha value is -2.30. The van der Waals surface area contributed by atoms with Crippen LogP contribution in [0, 0.1) is 11.3 Å². The third-order valence-corrected chi connectivity index (χ3v) is 2.64. The Morgan fingerprint density at radius 3 is 2.47 bits per heavy atom. The van der Waals surface area contributed by atoms with Gasteiger partial charge in [-0.25, -0.2) is 9.59 Å². The molecule has 2 atom stereocenters. The van der Waals surface area contributed by atoms with E-state index < -0.39 is 23.9 Å². The second kappa shape index (κ2) is 7.92. The lowest BCUT2D eigenvalue weighted by molar-refractivity contribution is -0.139. The summed E-state index contributed by atoms with van der Waals surface area (Å²) in [5, 5.41) is 19.7. The van der Waals surface area contributed by atoms with Gasteiger partial charge in [-0.2, -0.15) is 5.26 Å². The summed E-state index contributed by atoms with van der Waals surface area (Å²) in [6.07, 6.45) is -0.0610. The molecule has 3 amide bonds. The molecule has 0 aliphatic carbocycles. The van der Waals surface area contributed by atoms with Gasteiger partial charge in [0.25, 0.3) is 0 Å². The molecule has 8 heteroatoms. The molecule has 0 aromatic rings. The lowest BCUT2D eigenvalue weighted by Crippen LogP contribution is -2.49. The number of carbonyl (C=O) groups excluding carboxylic acids is 2. The fourth-order valence-corrected chi connectivity index (χ4v) is 1.26. The number of nitrogens with two attached hydrogens (primary N) is 1. The smallest absolute Gasteiger partial charge is 0.326 e. The van der Waals surface area contributed by atoms with Gasteiger partial charge in [0.2, 0.25) is 5.91 Å². The van der Waals surface area contributed by atoms with E-state index in [1.807, 2.05) is 6.07 Å². The first kappa shape index (κ1) is 16.7. The van der Waals surface area contributed by atoms with Crippen molar-refractivity contribution >= 4 is 17.9 Å². The summed E-state index contributed by atoms with van der Waals surface area (Å²) in [6.45, 7) is 1.67. The average Bonchev–Trinajstić information content (AvgIpc) is 2.32. The van der Waals surface area contributed by atoms with Gasteiger partial charge in [-0.15, -0.1) is 0 Å². The number of urea groups is 1. The Kier molecular flexibility index (Phi) is 6.96. The number of carboxylic acids is 1. The largest absolute Gasteiger partial charge is 0.480 e. The van der Waals surface area contributed by atoms with Gasteiger partial charge in [0.1, 0.15) is 6.04 Å². The van der Waals surface area contributed by atoms with E-state index in [-0.39, 0.29) is 25.3 Å². The molecule has 0 saturated heterocycles. The third kappa shape index (κ3) is 6.26. The molecule has 0 heterocycles. The van der Waals surface area contributed by atoms with Crippen molar-refractivity contribution < 1.29 is 19.5 Å².